The molecule has 15 heavy (non-hydrogen) atoms. The molecule has 0 radical (unpaired) electrons. The fraction of sp³-hybridized carbons (Fsp3) is 0.800. The Morgan fingerprint density at radius 3 is 3.20 bits per heavy atom. The Hall–Kier alpha value is -0.940. The van der Waals surface area contributed by atoms with Crippen LogP contribution in [0.25, 0.3) is 0 Å². The number of rotatable bonds is 4. The molecule has 1 aromatic rings. The summed E-state index contributed by atoms with van der Waals surface area (Å²) in [6.45, 7) is 5.03. The zero-order valence-electron chi connectivity index (χ0n) is 9.13. The predicted molar refractivity (Wildman–Crippen MR) is 56.2 cm³/mol. The Kier molecular flexibility index (Phi) is 3.33. The van der Waals surface area contributed by atoms with Crippen LogP contribution in [0.15, 0.2) is 6.33 Å². The zero-order valence-corrected chi connectivity index (χ0v) is 9.13. The van der Waals surface area contributed by atoms with Crippen LogP contribution in [0, 0.1) is 0 Å². The van der Waals surface area contributed by atoms with Gasteiger partial charge in [-0.1, -0.05) is 0 Å². The van der Waals surface area contributed by atoms with Crippen LogP contribution in [0.4, 0.5) is 0 Å². The molecule has 5 nitrogen and oxygen atoms in total. The number of hydrogen-bond acceptors (Lipinski definition) is 4. The van der Waals surface area contributed by atoms with Gasteiger partial charge >= 0.3 is 0 Å². The van der Waals surface area contributed by atoms with Gasteiger partial charge < -0.3 is 5.11 Å². The highest BCUT2D eigenvalue weighted by molar-refractivity contribution is 4.88. The maximum absolute atomic E-state index is 9.21. The van der Waals surface area contributed by atoms with E-state index in [1.807, 2.05) is 4.68 Å². The summed E-state index contributed by atoms with van der Waals surface area (Å²) in [7, 11) is 0. The van der Waals surface area contributed by atoms with E-state index in [2.05, 4.69) is 21.9 Å². The molecule has 0 aliphatic carbocycles. The Bertz CT molecular complexity index is 312. The SMILES string of the molecule is CCn1ncnc1CN1CCCC1CO. The van der Waals surface area contributed by atoms with E-state index in [4.69, 9.17) is 0 Å². The van der Waals surface area contributed by atoms with Gasteiger partial charge in [-0.3, -0.25) is 4.90 Å². The average molecular weight is 210 g/mol. The van der Waals surface area contributed by atoms with Crippen molar-refractivity contribution in [2.75, 3.05) is 13.2 Å². The largest absolute Gasteiger partial charge is 0.395 e. The van der Waals surface area contributed by atoms with Gasteiger partial charge in [-0.15, -0.1) is 0 Å². The molecule has 2 heterocycles. The van der Waals surface area contributed by atoms with Gasteiger partial charge in [0.15, 0.2) is 0 Å². The van der Waals surface area contributed by atoms with Crippen molar-refractivity contribution < 1.29 is 5.11 Å². The summed E-state index contributed by atoms with van der Waals surface area (Å²) in [5.74, 6) is 0.998. The first-order valence-corrected chi connectivity index (χ1v) is 5.56. The minimum atomic E-state index is 0.250. The third-order valence-corrected chi connectivity index (χ3v) is 3.05. The summed E-state index contributed by atoms with van der Waals surface area (Å²) in [6, 6.07) is 0.312. The van der Waals surface area contributed by atoms with Crippen LogP contribution in [-0.2, 0) is 13.1 Å². The number of likely N-dealkylation sites (tertiary alicyclic amines) is 1. The Morgan fingerprint density at radius 2 is 2.47 bits per heavy atom. The first-order valence-electron chi connectivity index (χ1n) is 5.56. The third kappa shape index (κ3) is 2.18. The molecular weight excluding hydrogens is 192 g/mol. The fourth-order valence-electron chi connectivity index (χ4n) is 2.17. The molecule has 1 atom stereocenters. The van der Waals surface area contributed by atoms with Crippen LogP contribution in [0.1, 0.15) is 25.6 Å². The van der Waals surface area contributed by atoms with Gasteiger partial charge in [0.2, 0.25) is 0 Å². The quantitative estimate of drug-likeness (QED) is 0.774. The highest BCUT2D eigenvalue weighted by Crippen LogP contribution is 2.18. The summed E-state index contributed by atoms with van der Waals surface area (Å²) in [6.07, 6.45) is 3.87. The molecule has 1 aromatic heterocycles. The zero-order chi connectivity index (χ0) is 10.7. The molecule has 1 N–H and O–H groups in total. The lowest BCUT2D eigenvalue weighted by Crippen LogP contribution is -2.32. The van der Waals surface area contributed by atoms with Gasteiger partial charge in [-0.25, -0.2) is 9.67 Å². The molecule has 84 valence electrons. The van der Waals surface area contributed by atoms with Crippen molar-refractivity contribution in [3.63, 3.8) is 0 Å². The van der Waals surface area contributed by atoms with Crippen molar-refractivity contribution in [2.45, 2.75) is 38.9 Å². The Labute approximate surface area is 89.7 Å². The molecule has 1 aliphatic rings. The Morgan fingerprint density at radius 1 is 1.60 bits per heavy atom. The second kappa shape index (κ2) is 4.72. The van der Waals surface area contributed by atoms with Gasteiger partial charge in [-0.2, -0.15) is 5.10 Å². The number of aryl methyl sites for hydroxylation is 1. The molecule has 1 saturated heterocycles. The average Bonchev–Trinajstić information content (AvgIpc) is 2.87. The van der Waals surface area contributed by atoms with Gasteiger partial charge in [0.1, 0.15) is 12.2 Å². The minimum absolute atomic E-state index is 0.250. The number of aliphatic hydroxyl groups is 1. The standard InChI is InChI=1S/C10H18N4O/c1-2-14-10(11-8-12-14)6-13-5-3-4-9(13)7-15/h8-9,15H,2-7H2,1H3. The molecule has 5 heteroatoms. The molecule has 0 amide bonds. The lowest BCUT2D eigenvalue weighted by Gasteiger charge is -2.21. The molecular formula is C10H18N4O. The minimum Gasteiger partial charge on any atom is -0.395 e. The van der Waals surface area contributed by atoms with Crippen LogP contribution in [-0.4, -0.2) is 44.0 Å². The van der Waals surface area contributed by atoms with E-state index in [-0.39, 0.29) is 6.61 Å². The lowest BCUT2D eigenvalue weighted by molar-refractivity contribution is 0.149. The second-order valence-corrected chi connectivity index (χ2v) is 3.94. The van der Waals surface area contributed by atoms with E-state index in [9.17, 15) is 5.11 Å². The first kappa shape index (κ1) is 10.6. The van der Waals surface area contributed by atoms with Gasteiger partial charge in [0.05, 0.1) is 13.2 Å². The number of aromatic nitrogens is 3. The van der Waals surface area contributed by atoms with Crippen molar-refractivity contribution in [3.05, 3.63) is 12.2 Å². The molecule has 1 unspecified atom stereocenters. The van der Waals surface area contributed by atoms with E-state index in [1.165, 1.54) is 6.42 Å². The lowest BCUT2D eigenvalue weighted by atomic mass is 10.2. The second-order valence-electron chi connectivity index (χ2n) is 3.94. The van der Waals surface area contributed by atoms with Crippen molar-refractivity contribution in [3.8, 4) is 0 Å². The van der Waals surface area contributed by atoms with Crippen molar-refractivity contribution in [1.29, 1.82) is 0 Å². The smallest absolute Gasteiger partial charge is 0.141 e. The van der Waals surface area contributed by atoms with Crippen molar-refractivity contribution in [2.24, 2.45) is 0 Å². The summed E-state index contributed by atoms with van der Waals surface area (Å²) < 4.78 is 1.91. The summed E-state index contributed by atoms with van der Waals surface area (Å²) >= 11 is 0. The Balaban J connectivity index is 2.01. The predicted octanol–water partition coefficient (Wildman–Crippen LogP) is 0.255. The fourth-order valence-corrected chi connectivity index (χ4v) is 2.17. The van der Waals surface area contributed by atoms with Gasteiger partial charge in [-0.05, 0) is 26.3 Å². The van der Waals surface area contributed by atoms with Gasteiger partial charge in [0.25, 0.3) is 0 Å². The van der Waals surface area contributed by atoms with E-state index in [0.717, 1.165) is 31.9 Å². The molecule has 0 saturated carbocycles. The summed E-state index contributed by atoms with van der Waals surface area (Å²) in [5, 5.41) is 13.4. The molecule has 0 spiro atoms. The normalized spacial score (nSPS) is 22.4. The van der Waals surface area contributed by atoms with Crippen LogP contribution < -0.4 is 0 Å². The van der Waals surface area contributed by atoms with E-state index < -0.39 is 0 Å². The van der Waals surface area contributed by atoms with E-state index in [1.54, 1.807) is 6.33 Å². The van der Waals surface area contributed by atoms with Crippen LogP contribution in [0.2, 0.25) is 0 Å². The van der Waals surface area contributed by atoms with E-state index in [0.29, 0.717) is 6.04 Å². The van der Waals surface area contributed by atoms with Gasteiger partial charge in [0, 0.05) is 12.6 Å². The number of aliphatic hydroxyl groups excluding tert-OH is 1. The molecule has 1 fully saturated rings. The van der Waals surface area contributed by atoms with Crippen LogP contribution in [0.3, 0.4) is 0 Å². The van der Waals surface area contributed by atoms with Crippen molar-refractivity contribution >= 4 is 0 Å². The van der Waals surface area contributed by atoms with Crippen LogP contribution >= 0.6 is 0 Å². The highest BCUT2D eigenvalue weighted by atomic mass is 16.3. The summed E-state index contributed by atoms with van der Waals surface area (Å²) in [5.41, 5.74) is 0. The third-order valence-electron chi connectivity index (χ3n) is 3.05. The number of hydrogen-bond donors (Lipinski definition) is 1. The molecule has 1 aliphatic heterocycles. The van der Waals surface area contributed by atoms with E-state index >= 15 is 0 Å². The topological polar surface area (TPSA) is 54.2 Å². The monoisotopic (exact) mass is 210 g/mol. The van der Waals surface area contributed by atoms with Crippen LogP contribution in [0.5, 0.6) is 0 Å². The summed E-state index contributed by atoms with van der Waals surface area (Å²) in [4.78, 5) is 6.54. The van der Waals surface area contributed by atoms with Crippen molar-refractivity contribution in [1.82, 2.24) is 19.7 Å². The first-order chi connectivity index (χ1) is 7.35. The maximum atomic E-state index is 9.21. The molecule has 0 bridgehead atoms. The number of nitrogens with zero attached hydrogens (tertiary/aromatic N) is 4. The maximum Gasteiger partial charge on any atom is 0.141 e. The highest BCUT2D eigenvalue weighted by Gasteiger charge is 2.24. The molecule has 2 rings (SSSR count). The molecule has 0 aromatic carbocycles.